The first kappa shape index (κ1) is 26.2. The third kappa shape index (κ3) is 3.64. The number of benzene rings is 6. The maximum Gasteiger partial charge on any atom is 0.163 e. The highest BCUT2D eigenvalue weighted by Gasteiger charge is 2.36. The first-order valence-electron chi connectivity index (χ1n) is 16.2. The Balaban J connectivity index is 1.32. The van der Waals surface area contributed by atoms with Gasteiger partial charge in [-0.1, -0.05) is 123 Å². The number of fused-ring (bicyclic) bond motifs is 9. The predicted molar refractivity (Wildman–Crippen MR) is 194 cm³/mol. The Morgan fingerprint density at radius 3 is 1.57 bits per heavy atom. The third-order valence-electron chi connectivity index (χ3n) is 10.1. The topological polar surface area (TPSA) is 35.6 Å². The van der Waals surface area contributed by atoms with E-state index in [1.54, 1.807) is 0 Å². The molecule has 4 heteroatoms. The van der Waals surface area contributed by atoms with E-state index in [9.17, 15) is 0 Å². The van der Waals surface area contributed by atoms with Crippen molar-refractivity contribution >= 4 is 43.6 Å². The second-order valence-corrected chi connectivity index (χ2v) is 13.1. The smallest absolute Gasteiger partial charge is 0.163 e. The van der Waals surface area contributed by atoms with Crippen LogP contribution >= 0.6 is 0 Å². The maximum atomic E-state index is 5.32. The minimum atomic E-state index is -0.115. The van der Waals surface area contributed by atoms with Gasteiger partial charge in [0.25, 0.3) is 0 Å². The van der Waals surface area contributed by atoms with Gasteiger partial charge < -0.3 is 0 Å². The van der Waals surface area contributed by atoms with Crippen molar-refractivity contribution in [1.82, 2.24) is 19.1 Å². The fourth-order valence-electron chi connectivity index (χ4n) is 7.95. The lowest BCUT2D eigenvalue weighted by Gasteiger charge is -2.21. The molecule has 0 N–H and O–H groups in total. The molecule has 0 unspecified atom stereocenters. The van der Waals surface area contributed by atoms with Crippen LogP contribution in [-0.4, -0.2) is 19.1 Å². The van der Waals surface area contributed by atoms with E-state index in [-0.39, 0.29) is 5.41 Å². The van der Waals surface area contributed by atoms with Crippen molar-refractivity contribution in [3.05, 3.63) is 157 Å². The van der Waals surface area contributed by atoms with Gasteiger partial charge in [0.1, 0.15) is 11.6 Å². The van der Waals surface area contributed by atoms with Gasteiger partial charge >= 0.3 is 0 Å². The van der Waals surface area contributed by atoms with E-state index in [4.69, 9.17) is 9.97 Å². The van der Waals surface area contributed by atoms with Crippen molar-refractivity contribution in [2.24, 2.45) is 0 Å². The van der Waals surface area contributed by atoms with Crippen molar-refractivity contribution < 1.29 is 0 Å². The van der Waals surface area contributed by atoms with Gasteiger partial charge in [0.2, 0.25) is 0 Å². The average Bonchev–Trinajstić information content (AvgIpc) is 3.71. The van der Waals surface area contributed by atoms with E-state index in [0.717, 1.165) is 39.3 Å². The SMILES string of the molecule is CC1(C)c2ccccc2-c2cc3c4ccccc4n(-c4cc(-n5c6ccccc6c6ccccc65)nc(-c5ccccc5)n4)c3cc21. The standard InChI is InChI=1S/C43H30N4/c1-43(2)34-20-10-6-16-28(34)32-24-33-31-19-9-13-23-38(31)47(39(33)25-35(32)43)41-26-40(44-42(45-41)27-14-4-3-5-15-27)46-36-21-11-7-17-29(36)30-18-8-12-22-37(30)46/h3-26H,1-2H3. The molecule has 1 aliphatic carbocycles. The number of aromatic nitrogens is 4. The molecule has 1 aliphatic rings. The minimum absolute atomic E-state index is 0.115. The van der Waals surface area contributed by atoms with Crippen molar-refractivity contribution in [2.75, 3.05) is 0 Å². The second kappa shape index (κ2) is 9.51. The fourth-order valence-corrected chi connectivity index (χ4v) is 7.95. The van der Waals surface area contributed by atoms with Crippen LogP contribution in [0.4, 0.5) is 0 Å². The maximum absolute atomic E-state index is 5.32. The molecule has 6 aromatic carbocycles. The number of hydrogen-bond donors (Lipinski definition) is 0. The van der Waals surface area contributed by atoms with Crippen LogP contribution in [0.2, 0.25) is 0 Å². The zero-order valence-corrected chi connectivity index (χ0v) is 26.1. The number of para-hydroxylation sites is 3. The van der Waals surface area contributed by atoms with Crippen molar-refractivity contribution in [2.45, 2.75) is 19.3 Å². The molecule has 47 heavy (non-hydrogen) atoms. The van der Waals surface area contributed by atoms with E-state index in [1.807, 2.05) is 6.07 Å². The molecule has 9 aromatic rings. The van der Waals surface area contributed by atoms with Crippen LogP contribution in [0.25, 0.3) is 77.8 Å². The summed E-state index contributed by atoms with van der Waals surface area (Å²) in [7, 11) is 0. The molecule has 4 nitrogen and oxygen atoms in total. The van der Waals surface area contributed by atoms with Gasteiger partial charge in [-0.05, 0) is 52.6 Å². The lowest BCUT2D eigenvalue weighted by atomic mass is 9.82. The van der Waals surface area contributed by atoms with E-state index in [2.05, 4.69) is 163 Å². The van der Waals surface area contributed by atoms with Crippen LogP contribution in [0.15, 0.2) is 146 Å². The molecule has 3 aromatic heterocycles. The van der Waals surface area contributed by atoms with Gasteiger partial charge in [-0.2, -0.15) is 0 Å². The Kier molecular flexibility index (Phi) is 5.31. The van der Waals surface area contributed by atoms with Crippen LogP contribution in [-0.2, 0) is 5.41 Å². The molecule has 0 aliphatic heterocycles. The van der Waals surface area contributed by atoms with Gasteiger partial charge in [0, 0.05) is 38.6 Å². The highest BCUT2D eigenvalue weighted by atomic mass is 15.1. The molecule has 0 radical (unpaired) electrons. The Morgan fingerprint density at radius 1 is 0.426 bits per heavy atom. The van der Waals surface area contributed by atoms with E-state index in [0.29, 0.717) is 5.82 Å². The summed E-state index contributed by atoms with van der Waals surface area (Å²) < 4.78 is 4.63. The lowest BCUT2D eigenvalue weighted by Crippen LogP contribution is -2.15. The molecule has 0 spiro atoms. The molecule has 0 atom stereocenters. The Hall–Kier alpha value is -6.00. The zero-order valence-electron chi connectivity index (χ0n) is 26.1. The molecular weight excluding hydrogens is 573 g/mol. The summed E-state index contributed by atoms with van der Waals surface area (Å²) in [6, 6.07) is 52.0. The summed E-state index contributed by atoms with van der Waals surface area (Å²) in [5.41, 5.74) is 10.8. The van der Waals surface area contributed by atoms with E-state index < -0.39 is 0 Å². The van der Waals surface area contributed by atoms with Crippen LogP contribution in [0, 0.1) is 0 Å². The number of hydrogen-bond acceptors (Lipinski definition) is 2. The summed E-state index contributed by atoms with van der Waals surface area (Å²) in [6.07, 6.45) is 0. The van der Waals surface area contributed by atoms with E-state index in [1.165, 1.54) is 43.8 Å². The molecule has 3 heterocycles. The molecular formula is C43H30N4. The third-order valence-corrected chi connectivity index (χ3v) is 10.1. The van der Waals surface area contributed by atoms with Crippen molar-refractivity contribution in [3.63, 3.8) is 0 Å². The van der Waals surface area contributed by atoms with Gasteiger partial charge in [-0.25, -0.2) is 9.97 Å². The zero-order chi connectivity index (χ0) is 31.3. The fraction of sp³-hybridized carbons (Fsp3) is 0.0698. The van der Waals surface area contributed by atoms with E-state index >= 15 is 0 Å². The highest BCUT2D eigenvalue weighted by Crippen LogP contribution is 2.51. The van der Waals surface area contributed by atoms with Crippen molar-refractivity contribution in [3.8, 4) is 34.2 Å². The molecule has 10 rings (SSSR count). The largest absolute Gasteiger partial charge is 0.294 e. The van der Waals surface area contributed by atoms with Gasteiger partial charge in [0.15, 0.2) is 5.82 Å². The van der Waals surface area contributed by atoms with Crippen LogP contribution < -0.4 is 0 Å². The molecule has 222 valence electrons. The minimum Gasteiger partial charge on any atom is -0.294 e. The number of rotatable bonds is 3. The quantitative estimate of drug-likeness (QED) is 0.202. The summed E-state index contributed by atoms with van der Waals surface area (Å²) in [5, 5.41) is 4.86. The summed E-state index contributed by atoms with van der Waals surface area (Å²) >= 11 is 0. The Labute approximate surface area is 272 Å². The first-order valence-corrected chi connectivity index (χ1v) is 16.2. The normalized spacial score (nSPS) is 13.5. The summed E-state index contributed by atoms with van der Waals surface area (Å²) in [6.45, 7) is 4.68. The average molecular weight is 603 g/mol. The van der Waals surface area contributed by atoms with Gasteiger partial charge in [-0.15, -0.1) is 0 Å². The summed E-state index contributed by atoms with van der Waals surface area (Å²) in [5.74, 6) is 2.38. The molecule has 0 amide bonds. The van der Waals surface area contributed by atoms with Crippen LogP contribution in [0.3, 0.4) is 0 Å². The molecule has 0 saturated heterocycles. The van der Waals surface area contributed by atoms with Crippen molar-refractivity contribution in [1.29, 1.82) is 0 Å². The van der Waals surface area contributed by atoms with Crippen LogP contribution in [0.5, 0.6) is 0 Å². The lowest BCUT2D eigenvalue weighted by molar-refractivity contribution is 0.661. The van der Waals surface area contributed by atoms with Gasteiger partial charge in [0.05, 0.1) is 22.1 Å². The second-order valence-electron chi connectivity index (χ2n) is 13.1. The predicted octanol–water partition coefficient (Wildman–Crippen LogP) is 10.6. The number of nitrogens with zero attached hydrogens (tertiary/aromatic N) is 4. The van der Waals surface area contributed by atoms with Crippen LogP contribution in [0.1, 0.15) is 25.0 Å². The molecule has 0 saturated carbocycles. The first-order chi connectivity index (χ1) is 23.1. The summed E-state index contributed by atoms with van der Waals surface area (Å²) in [4.78, 5) is 10.6. The Bertz CT molecular complexity index is 2660. The molecule has 0 fully saturated rings. The monoisotopic (exact) mass is 602 g/mol. The Morgan fingerprint density at radius 2 is 0.936 bits per heavy atom. The molecule has 0 bridgehead atoms. The van der Waals surface area contributed by atoms with Gasteiger partial charge in [-0.3, -0.25) is 9.13 Å². The highest BCUT2D eigenvalue weighted by molar-refractivity contribution is 6.12.